The van der Waals surface area contributed by atoms with Gasteiger partial charge in [-0.1, -0.05) is 6.92 Å². The molecule has 1 heterocycles. The normalized spacial score (nSPS) is 26.3. The van der Waals surface area contributed by atoms with Gasteiger partial charge in [0.25, 0.3) is 0 Å². The molecule has 1 aliphatic rings. The van der Waals surface area contributed by atoms with Gasteiger partial charge in [0.05, 0.1) is 12.7 Å². The average Bonchev–Trinajstić information content (AvgIpc) is 2.17. The number of nitrogens with two attached hydrogens (primary N) is 1. The van der Waals surface area contributed by atoms with Gasteiger partial charge < -0.3 is 15.8 Å². The Balaban J connectivity index is 2.57. The molecule has 0 aromatic rings. The zero-order valence-corrected chi connectivity index (χ0v) is 10.5. The number of hydrogen-bond acceptors (Lipinski definition) is 4. The standard InChI is InChI=1S/C11H23N3O2/c1-4-13-11(3,10(12)15)8-14-5-6-16-9(2)7-14/h9,13H,4-8H2,1-3H3,(H2,12,15). The summed E-state index contributed by atoms with van der Waals surface area (Å²) in [6.07, 6.45) is 0.229. The summed E-state index contributed by atoms with van der Waals surface area (Å²) in [7, 11) is 0. The van der Waals surface area contributed by atoms with E-state index in [4.69, 9.17) is 10.5 Å². The number of nitrogens with zero attached hydrogens (tertiary/aromatic N) is 1. The van der Waals surface area contributed by atoms with Crippen LogP contribution in [0.4, 0.5) is 0 Å². The number of nitrogens with one attached hydrogen (secondary N) is 1. The highest BCUT2D eigenvalue weighted by atomic mass is 16.5. The highest BCUT2D eigenvalue weighted by molar-refractivity contribution is 5.84. The van der Waals surface area contributed by atoms with Crippen LogP contribution >= 0.6 is 0 Å². The van der Waals surface area contributed by atoms with Crippen LogP contribution in [0.2, 0.25) is 0 Å². The van der Waals surface area contributed by atoms with Gasteiger partial charge >= 0.3 is 0 Å². The Morgan fingerprint density at radius 3 is 2.88 bits per heavy atom. The van der Waals surface area contributed by atoms with Crippen molar-refractivity contribution >= 4 is 5.91 Å². The average molecular weight is 229 g/mol. The highest BCUT2D eigenvalue weighted by Gasteiger charge is 2.33. The van der Waals surface area contributed by atoms with Crippen molar-refractivity contribution in [1.82, 2.24) is 10.2 Å². The minimum atomic E-state index is -0.647. The Morgan fingerprint density at radius 2 is 2.38 bits per heavy atom. The third-order valence-corrected chi connectivity index (χ3v) is 2.98. The Hall–Kier alpha value is -0.650. The number of likely N-dealkylation sites (N-methyl/N-ethyl adjacent to an activating group) is 1. The lowest BCUT2D eigenvalue weighted by Gasteiger charge is -2.37. The zero-order chi connectivity index (χ0) is 12.2. The number of amides is 1. The highest BCUT2D eigenvalue weighted by Crippen LogP contribution is 2.11. The summed E-state index contributed by atoms with van der Waals surface area (Å²) in [5.41, 5.74) is 4.80. The van der Waals surface area contributed by atoms with Crippen molar-refractivity contribution in [3.8, 4) is 0 Å². The Morgan fingerprint density at radius 1 is 1.69 bits per heavy atom. The van der Waals surface area contributed by atoms with Crippen LogP contribution in [0.3, 0.4) is 0 Å². The molecule has 16 heavy (non-hydrogen) atoms. The molecule has 0 aromatic heterocycles. The van der Waals surface area contributed by atoms with Gasteiger partial charge in [0, 0.05) is 19.6 Å². The number of carbonyl (C=O) groups excluding carboxylic acids is 1. The molecule has 1 amide bonds. The van der Waals surface area contributed by atoms with Crippen LogP contribution in [0.25, 0.3) is 0 Å². The fourth-order valence-corrected chi connectivity index (χ4v) is 2.09. The van der Waals surface area contributed by atoms with Gasteiger partial charge in [0.1, 0.15) is 5.54 Å². The summed E-state index contributed by atoms with van der Waals surface area (Å²) in [4.78, 5) is 13.7. The first-order valence-corrected chi connectivity index (χ1v) is 5.87. The van der Waals surface area contributed by atoms with E-state index in [2.05, 4.69) is 10.2 Å². The first-order chi connectivity index (χ1) is 7.48. The first-order valence-electron chi connectivity index (χ1n) is 5.87. The summed E-state index contributed by atoms with van der Waals surface area (Å²) < 4.78 is 5.46. The van der Waals surface area contributed by atoms with Crippen LogP contribution in [-0.4, -0.2) is 55.2 Å². The van der Waals surface area contributed by atoms with Crippen molar-refractivity contribution < 1.29 is 9.53 Å². The van der Waals surface area contributed by atoms with Gasteiger partial charge in [0.2, 0.25) is 5.91 Å². The summed E-state index contributed by atoms with van der Waals surface area (Å²) in [5.74, 6) is -0.298. The van der Waals surface area contributed by atoms with Crippen molar-refractivity contribution in [2.45, 2.75) is 32.4 Å². The number of morpholine rings is 1. The smallest absolute Gasteiger partial charge is 0.238 e. The molecule has 0 spiro atoms. The summed E-state index contributed by atoms with van der Waals surface area (Å²) >= 11 is 0. The van der Waals surface area contributed by atoms with Gasteiger partial charge in [-0.25, -0.2) is 0 Å². The van der Waals surface area contributed by atoms with E-state index in [1.807, 2.05) is 20.8 Å². The van der Waals surface area contributed by atoms with Crippen molar-refractivity contribution in [1.29, 1.82) is 0 Å². The summed E-state index contributed by atoms with van der Waals surface area (Å²) in [6, 6.07) is 0. The van der Waals surface area contributed by atoms with Gasteiger partial charge in [0.15, 0.2) is 0 Å². The number of ether oxygens (including phenoxy) is 1. The number of primary amides is 1. The van der Waals surface area contributed by atoms with Crippen LogP contribution < -0.4 is 11.1 Å². The van der Waals surface area contributed by atoms with E-state index in [9.17, 15) is 4.79 Å². The summed E-state index contributed by atoms with van der Waals surface area (Å²) in [5, 5.41) is 3.16. The van der Waals surface area contributed by atoms with E-state index in [1.54, 1.807) is 0 Å². The second kappa shape index (κ2) is 5.61. The minimum Gasteiger partial charge on any atom is -0.376 e. The maximum Gasteiger partial charge on any atom is 0.238 e. The lowest BCUT2D eigenvalue weighted by molar-refractivity contribution is -0.125. The molecule has 94 valence electrons. The number of rotatable bonds is 5. The Labute approximate surface area is 97.3 Å². The maximum atomic E-state index is 11.5. The lowest BCUT2D eigenvalue weighted by atomic mass is 10.00. The molecule has 2 unspecified atom stereocenters. The molecule has 1 rings (SSSR count). The monoisotopic (exact) mass is 229 g/mol. The zero-order valence-electron chi connectivity index (χ0n) is 10.5. The predicted octanol–water partition coefficient (Wildman–Crippen LogP) is -0.439. The molecule has 1 fully saturated rings. The third-order valence-electron chi connectivity index (χ3n) is 2.98. The second-order valence-electron chi connectivity index (χ2n) is 4.64. The molecule has 0 aromatic carbocycles. The molecule has 0 radical (unpaired) electrons. The van der Waals surface area contributed by atoms with Gasteiger partial charge in [-0.15, -0.1) is 0 Å². The van der Waals surface area contributed by atoms with E-state index in [0.717, 1.165) is 26.2 Å². The van der Waals surface area contributed by atoms with Crippen LogP contribution in [0, 0.1) is 0 Å². The van der Waals surface area contributed by atoms with E-state index in [1.165, 1.54) is 0 Å². The first kappa shape index (κ1) is 13.4. The molecule has 5 heteroatoms. The maximum absolute atomic E-state index is 11.5. The SMILES string of the molecule is CCNC(C)(CN1CCOC(C)C1)C(N)=O. The second-order valence-corrected chi connectivity index (χ2v) is 4.64. The quantitative estimate of drug-likeness (QED) is 0.671. The fourth-order valence-electron chi connectivity index (χ4n) is 2.09. The number of carbonyl (C=O) groups is 1. The van der Waals surface area contributed by atoms with Gasteiger partial charge in [-0.3, -0.25) is 9.69 Å². The fraction of sp³-hybridized carbons (Fsp3) is 0.909. The Kier molecular flexibility index (Phi) is 4.70. The van der Waals surface area contributed by atoms with Gasteiger partial charge in [-0.05, 0) is 20.4 Å². The molecular weight excluding hydrogens is 206 g/mol. The Bertz CT molecular complexity index is 247. The van der Waals surface area contributed by atoms with E-state index in [0.29, 0.717) is 6.54 Å². The van der Waals surface area contributed by atoms with Crippen LogP contribution in [-0.2, 0) is 9.53 Å². The molecule has 0 saturated carbocycles. The van der Waals surface area contributed by atoms with Crippen LogP contribution in [0.5, 0.6) is 0 Å². The molecule has 0 aliphatic carbocycles. The number of hydrogen-bond donors (Lipinski definition) is 2. The van der Waals surface area contributed by atoms with E-state index in [-0.39, 0.29) is 12.0 Å². The molecule has 1 saturated heterocycles. The molecule has 5 nitrogen and oxygen atoms in total. The molecule has 1 aliphatic heterocycles. The minimum absolute atomic E-state index is 0.229. The molecule has 0 bridgehead atoms. The predicted molar refractivity (Wildman–Crippen MR) is 63.1 cm³/mol. The van der Waals surface area contributed by atoms with Crippen molar-refractivity contribution in [2.75, 3.05) is 32.8 Å². The summed E-state index contributed by atoms with van der Waals surface area (Å²) in [6.45, 7) is 9.70. The van der Waals surface area contributed by atoms with Gasteiger partial charge in [-0.2, -0.15) is 0 Å². The molecule has 3 N–H and O–H groups in total. The third kappa shape index (κ3) is 3.43. The topological polar surface area (TPSA) is 67.6 Å². The van der Waals surface area contributed by atoms with Crippen LogP contribution in [0.1, 0.15) is 20.8 Å². The largest absolute Gasteiger partial charge is 0.376 e. The lowest BCUT2D eigenvalue weighted by Crippen LogP contribution is -2.61. The van der Waals surface area contributed by atoms with E-state index >= 15 is 0 Å². The van der Waals surface area contributed by atoms with E-state index < -0.39 is 5.54 Å². The molecular formula is C11H23N3O2. The van der Waals surface area contributed by atoms with Crippen molar-refractivity contribution in [3.05, 3.63) is 0 Å². The van der Waals surface area contributed by atoms with Crippen molar-refractivity contribution in [3.63, 3.8) is 0 Å². The van der Waals surface area contributed by atoms with Crippen LogP contribution in [0.15, 0.2) is 0 Å². The van der Waals surface area contributed by atoms with Crippen molar-refractivity contribution in [2.24, 2.45) is 5.73 Å². The molecule has 2 atom stereocenters.